The number of hydrogen-bond donors (Lipinski definition) is 1. The predicted octanol–water partition coefficient (Wildman–Crippen LogP) is 2.39. The maximum Gasteiger partial charge on any atom is 0.173 e. The zero-order valence-electron chi connectivity index (χ0n) is 7.83. The van der Waals surface area contributed by atoms with Gasteiger partial charge in [-0.3, -0.25) is 0 Å². The lowest BCUT2D eigenvalue weighted by Crippen LogP contribution is -2.01. The van der Waals surface area contributed by atoms with E-state index in [1.807, 2.05) is 0 Å². The van der Waals surface area contributed by atoms with E-state index in [2.05, 4.69) is 12.1 Å². The van der Waals surface area contributed by atoms with Crippen LogP contribution in [0.15, 0.2) is 10.7 Å². The van der Waals surface area contributed by atoms with Crippen molar-refractivity contribution in [3.63, 3.8) is 0 Å². The highest BCUT2D eigenvalue weighted by atomic mass is 32.1. The standard InChI is InChI=1S/C10H10N2OS/c1-5-7-3-2-6-4-12-13-9(6)8(7)10(11)14-5/h4H,2-3,11H2,1H3. The summed E-state index contributed by atoms with van der Waals surface area (Å²) < 4.78 is 5.25. The van der Waals surface area contributed by atoms with Gasteiger partial charge in [-0.2, -0.15) is 0 Å². The van der Waals surface area contributed by atoms with Gasteiger partial charge in [0.2, 0.25) is 0 Å². The molecule has 2 aromatic rings. The number of hydrogen-bond acceptors (Lipinski definition) is 4. The van der Waals surface area contributed by atoms with Gasteiger partial charge in [0.15, 0.2) is 5.76 Å². The average Bonchev–Trinajstić information content (AvgIpc) is 2.71. The van der Waals surface area contributed by atoms with Crippen LogP contribution in [0.1, 0.15) is 16.0 Å². The second-order valence-electron chi connectivity index (χ2n) is 3.56. The molecule has 4 heteroatoms. The predicted molar refractivity (Wildman–Crippen MR) is 56.4 cm³/mol. The third-order valence-corrected chi connectivity index (χ3v) is 3.73. The molecular weight excluding hydrogens is 196 g/mol. The summed E-state index contributed by atoms with van der Waals surface area (Å²) in [7, 11) is 0. The van der Waals surface area contributed by atoms with E-state index < -0.39 is 0 Å². The molecule has 3 nitrogen and oxygen atoms in total. The van der Waals surface area contributed by atoms with Gasteiger partial charge in [0, 0.05) is 10.4 Å². The molecule has 2 N–H and O–H groups in total. The molecule has 1 aliphatic rings. The number of rotatable bonds is 0. The summed E-state index contributed by atoms with van der Waals surface area (Å²) in [6.45, 7) is 2.11. The molecular formula is C10H10N2OS. The molecule has 2 aromatic heterocycles. The van der Waals surface area contributed by atoms with Crippen LogP contribution in [0.2, 0.25) is 0 Å². The van der Waals surface area contributed by atoms with Gasteiger partial charge >= 0.3 is 0 Å². The van der Waals surface area contributed by atoms with Gasteiger partial charge in [-0.25, -0.2) is 0 Å². The van der Waals surface area contributed by atoms with Crippen LogP contribution in [-0.2, 0) is 12.8 Å². The zero-order chi connectivity index (χ0) is 9.71. The summed E-state index contributed by atoms with van der Waals surface area (Å²) in [5, 5.41) is 4.68. The van der Waals surface area contributed by atoms with Crippen molar-refractivity contribution >= 4 is 16.3 Å². The van der Waals surface area contributed by atoms with Crippen LogP contribution in [-0.4, -0.2) is 5.16 Å². The lowest BCUT2D eigenvalue weighted by Gasteiger charge is -2.10. The molecule has 0 aliphatic heterocycles. The maximum absolute atomic E-state index is 5.97. The Balaban J connectivity index is 2.35. The smallest absolute Gasteiger partial charge is 0.173 e. The summed E-state index contributed by atoms with van der Waals surface area (Å²) in [5.41, 5.74) is 9.58. The summed E-state index contributed by atoms with van der Waals surface area (Å²) in [6, 6.07) is 0. The van der Waals surface area contributed by atoms with Gasteiger partial charge in [0.05, 0.1) is 16.8 Å². The summed E-state index contributed by atoms with van der Waals surface area (Å²) in [5.74, 6) is 0.883. The van der Waals surface area contributed by atoms with Crippen LogP contribution in [0.25, 0.3) is 11.3 Å². The molecule has 3 rings (SSSR count). The Morgan fingerprint density at radius 1 is 1.50 bits per heavy atom. The first-order valence-corrected chi connectivity index (χ1v) is 5.40. The van der Waals surface area contributed by atoms with E-state index >= 15 is 0 Å². The van der Waals surface area contributed by atoms with E-state index in [4.69, 9.17) is 10.3 Å². The number of anilines is 1. The second-order valence-corrected chi connectivity index (χ2v) is 4.81. The van der Waals surface area contributed by atoms with Gasteiger partial charge < -0.3 is 10.3 Å². The van der Waals surface area contributed by atoms with Gasteiger partial charge in [0.1, 0.15) is 0 Å². The third kappa shape index (κ3) is 0.889. The molecule has 0 atom stereocenters. The molecule has 2 heterocycles. The summed E-state index contributed by atoms with van der Waals surface area (Å²) in [4.78, 5) is 1.31. The number of nitrogen functional groups attached to an aromatic ring is 1. The van der Waals surface area contributed by atoms with E-state index in [9.17, 15) is 0 Å². The minimum absolute atomic E-state index is 0.857. The van der Waals surface area contributed by atoms with Crippen molar-refractivity contribution in [3.05, 3.63) is 22.2 Å². The second kappa shape index (κ2) is 2.60. The molecule has 72 valence electrons. The van der Waals surface area contributed by atoms with Crippen molar-refractivity contribution in [2.24, 2.45) is 0 Å². The first kappa shape index (κ1) is 8.05. The van der Waals surface area contributed by atoms with Crippen LogP contribution in [0.5, 0.6) is 0 Å². The fourth-order valence-electron chi connectivity index (χ4n) is 2.06. The molecule has 0 saturated carbocycles. The van der Waals surface area contributed by atoms with E-state index in [0.29, 0.717) is 0 Å². The molecule has 14 heavy (non-hydrogen) atoms. The van der Waals surface area contributed by atoms with Crippen molar-refractivity contribution in [2.75, 3.05) is 5.73 Å². The number of thiophene rings is 1. The number of fused-ring (bicyclic) bond motifs is 3. The lowest BCUT2D eigenvalue weighted by molar-refractivity contribution is 0.431. The summed E-state index contributed by atoms with van der Waals surface area (Å²) in [6.07, 6.45) is 3.87. The molecule has 0 fully saturated rings. The van der Waals surface area contributed by atoms with Crippen LogP contribution in [0, 0.1) is 6.92 Å². The highest BCUT2D eigenvalue weighted by molar-refractivity contribution is 7.16. The highest BCUT2D eigenvalue weighted by Gasteiger charge is 2.25. The Morgan fingerprint density at radius 2 is 2.36 bits per heavy atom. The number of aryl methyl sites for hydroxylation is 2. The summed E-state index contributed by atoms with van der Waals surface area (Å²) >= 11 is 1.64. The third-order valence-electron chi connectivity index (χ3n) is 2.75. The monoisotopic (exact) mass is 206 g/mol. The van der Waals surface area contributed by atoms with Crippen molar-refractivity contribution in [2.45, 2.75) is 19.8 Å². The zero-order valence-corrected chi connectivity index (χ0v) is 8.65. The van der Waals surface area contributed by atoms with Crippen LogP contribution in [0.4, 0.5) is 5.00 Å². The van der Waals surface area contributed by atoms with Crippen LogP contribution < -0.4 is 5.73 Å². The molecule has 0 unspecified atom stereocenters. The Kier molecular flexibility index (Phi) is 1.50. The Hall–Kier alpha value is -1.29. The lowest BCUT2D eigenvalue weighted by atomic mass is 9.93. The number of aromatic nitrogens is 1. The van der Waals surface area contributed by atoms with Crippen molar-refractivity contribution in [1.29, 1.82) is 0 Å². The van der Waals surface area contributed by atoms with E-state index in [0.717, 1.165) is 29.2 Å². The molecule has 1 aliphatic carbocycles. The Morgan fingerprint density at radius 3 is 3.21 bits per heavy atom. The van der Waals surface area contributed by atoms with Gasteiger partial charge in [-0.05, 0) is 25.3 Å². The normalized spacial score (nSPS) is 13.8. The molecule has 0 aromatic carbocycles. The van der Waals surface area contributed by atoms with Crippen molar-refractivity contribution in [3.8, 4) is 11.3 Å². The Bertz CT molecular complexity index is 498. The van der Waals surface area contributed by atoms with E-state index in [1.54, 1.807) is 17.5 Å². The molecule has 0 saturated heterocycles. The van der Waals surface area contributed by atoms with Crippen LogP contribution >= 0.6 is 11.3 Å². The first-order valence-electron chi connectivity index (χ1n) is 4.59. The maximum atomic E-state index is 5.97. The van der Waals surface area contributed by atoms with Gasteiger partial charge in [-0.1, -0.05) is 5.16 Å². The van der Waals surface area contributed by atoms with Gasteiger partial charge in [-0.15, -0.1) is 11.3 Å². The quantitative estimate of drug-likeness (QED) is 0.720. The minimum Gasteiger partial charge on any atom is -0.390 e. The SMILES string of the molecule is Cc1sc(N)c2c1CCc1cnoc1-2. The number of nitrogens with two attached hydrogens (primary N) is 1. The molecule has 0 radical (unpaired) electrons. The van der Waals surface area contributed by atoms with Gasteiger partial charge in [0.25, 0.3) is 0 Å². The van der Waals surface area contributed by atoms with E-state index in [1.165, 1.54) is 16.0 Å². The number of nitrogens with zero attached hydrogens (tertiary/aromatic N) is 1. The average molecular weight is 206 g/mol. The van der Waals surface area contributed by atoms with E-state index in [-0.39, 0.29) is 0 Å². The highest BCUT2D eigenvalue weighted by Crippen LogP contribution is 2.43. The molecule has 0 amide bonds. The Labute approximate surface area is 85.5 Å². The molecule has 0 spiro atoms. The van der Waals surface area contributed by atoms with Crippen LogP contribution in [0.3, 0.4) is 0 Å². The first-order chi connectivity index (χ1) is 6.77. The minimum atomic E-state index is 0.857. The molecule has 0 bridgehead atoms. The van der Waals surface area contributed by atoms with Crippen molar-refractivity contribution in [1.82, 2.24) is 5.16 Å². The topological polar surface area (TPSA) is 52.0 Å². The fraction of sp³-hybridized carbons (Fsp3) is 0.300. The fourth-order valence-corrected chi connectivity index (χ4v) is 3.03. The van der Waals surface area contributed by atoms with Crippen molar-refractivity contribution < 1.29 is 4.52 Å². The largest absolute Gasteiger partial charge is 0.390 e.